The second-order valence-electron chi connectivity index (χ2n) is 7.98. The van der Waals surface area contributed by atoms with Gasteiger partial charge in [0.2, 0.25) is 0 Å². The number of aryl methyl sites for hydroxylation is 3. The molecule has 3 aromatic rings. The van der Waals surface area contributed by atoms with E-state index in [-0.39, 0.29) is 20.7 Å². The first-order valence-corrected chi connectivity index (χ1v) is 11.4. The Morgan fingerprint density at radius 1 is 0.970 bits per heavy atom. The number of nitrogens with one attached hydrogen (secondary N) is 1. The molecular weight excluding hydrogens is 477 g/mol. The highest BCUT2D eigenvalue weighted by molar-refractivity contribution is 7.80. The third kappa shape index (κ3) is 4.10. The van der Waals surface area contributed by atoms with Crippen LogP contribution in [-0.4, -0.2) is 21.5 Å². The number of hydrogen-bond donors (Lipinski definition) is 1. The molecule has 33 heavy (non-hydrogen) atoms. The Morgan fingerprint density at radius 2 is 1.70 bits per heavy atom. The third-order valence-corrected chi connectivity index (χ3v) is 6.74. The summed E-state index contributed by atoms with van der Waals surface area (Å²) in [4.78, 5) is 27.3. The van der Waals surface area contributed by atoms with E-state index in [0.29, 0.717) is 5.69 Å². The van der Waals surface area contributed by atoms with Crippen molar-refractivity contribution in [1.82, 2.24) is 9.88 Å². The van der Waals surface area contributed by atoms with E-state index in [1.54, 1.807) is 24.3 Å². The summed E-state index contributed by atoms with van der Waals surface area (Å²) in [5.74, 6) is -1.12. The molecule has 1 saturated heterocycles. The molecule has 0 atom stereocenters. The number of thiocarbonyl (C=S) groups is 1. The number of anilines is 1. The SMILES string of the molecule is Cc1ccc(C)c(-n2c(C)cc(/C=C3\C(=O)NC(=S)N(c4cccc(Cl)c4Cl)C3=O)c2C)c1. The molecule has 1 fully saturated rings. The van der Waals surface area contributed by atoms with Gasteiger partial charge in [-0.2, -0.15) is 0 Å². The molecule has 0 unspecified atom stereocenters. The Labute approximate surface area is 207 Å². The van der Waals surface area contributed by atoms with Crippen LogP contribution in [0.25, 0.3) is 11.8 Å². The van der Waals surface area contributed by atoms with Crippen molar-refractivity contribution in [2.24, 2.45) is 0 Å². The molecule has 4 rings (SSSR count). The number of amides is 2. The molecule has 0 radical (unpaired) electrons. The van der Waals surface area contributed by atoms with Crippen LogP contribution < -0.4 is 10.2 Å². The number of rotatable bonds is 3. The largest absolute Gasteiger partial charge is 0.318 e. The van der Waals surface area contributed by atoms with Gasteiger partial charge in [-0.3, -0.25) is 19.8 Å². The molecule has 0 bridgehead atoms. The minimum absolute atomic E-state index is 0.0409. The molecule has 1 aromatic heterocycles. The number of benzene rings is 2. The van der Waals surface area contributed by atoms with Crippen LogP contribution in [0.2, 0.25) is 10.0 Å². The molecule has 2 heterocycles. The van der Waals surface area contributed by atoms with E-state index in [4.69, 9.17) is 35.4 Å². The summed E-state index contributed by atoms with van der Waals surface area (Å²) in [5.41, 5.74) is 6.26. The van der Waals surface area contributed by atoms with Gasteiger partial charge in [0.1, 0.15) is 5.57 Å². The quantitative estimate of drug-likeness (QED) is 0.280. The number of carbonyl (C=O) groups is 2. The Hall–Kier alpha value is -2.93. The van der Waals surface area contributed by atoms with Crippen LogP contribution in [0, 0.1) is 27.7 Å². The molecule has 0 spiro atoms. The minimum atomic E-state index is -0.565. The van der Waals surface area contributed by atoms with Crippen LogP contribution in [0.4, 0.5) is 5.69 Å². The fraction of sp³-hybridized carbons (Fsp3) is 0.160. The topological polar surface area (TPSA) is 54.3 Å². The van der Waals surface area contributed by atoms with Crippen molar-refractivity contribution in [3.8, 4) is 5.69 Å². The fourth-order valence-corrected chi connectivity index (χ4v) is 4.62. The van der Waals surface area contributed by atoms with Crippen molar-refractivity contribution in [2.45, 2.75) is 27.7 Å². The van der Waals surface area contributed by atoms with E-state index >= 15 is 0 Å². The molecule has 0 saturated carbocycles. The zero-order chi connectivity index (χ0) is 24.0. The molecular formula is C25H21Cl2N3O2S. The van der Waals surface area contributed by atoms with Crippen LogP contribution in [0.15, 0.2) is 48.0 Å². The zero-order valence-corrected chi connectivity index (χ0v) is 20.8. The Balaban J connectivity index is 1.81. The molecule has 2 amide bonds. The van der Waals surface area contributed by atoms with Crippen molar-refractivity contribution in [1.29, 1.82) is 0 Å². The van der Waals surface area contributed by atoms with Gasteiger partial charge in [0.15, 0.2) is 5.11 Å². The van der Waals surface area contributed by atoms with E-state index in [0.717, 1.165) is 33.8 Å². The molecule has 0 aliphatic carbocycles. The molecule has 1 N–H and O–H groups in total. The predicted molar refractivity (Wildman–Crippen MR) is 137 cm³/mol. The normalized spacial score (nSPS) is 15.4. The lowest BCUT2D eigenvalue weighted by Crippen LogP contribution is -2.54. The highest BCUT2D eigenvalue weighted by Crippen LogP contribution is 2.35. The number of halogens is 2. The molecule has 5 nitrogen and oxygen atoms in total. The summed E-state index contributed by atoms with van der Waals surface area (Å²) in [5, 5.41) is 3.00. The second-order valence-corrected chi connectivity index (χ2v) is 9.15. The lowest BCUT2D eigenvalue weighted by atomic mass is 10.1. The first-order chi connectivity index (χ1) is 15.6. The number of carbonyl (C=O) groups excluding carboxylic acids is 2. The van der Waals surface area contributed by atoms with Crippen LogP contribution in [0.5, 0.6) is 0 Å². The maximum absolute atomic E-state index is 13.4. The summed E-state index contributed by atoms with van der Waals surface area (Å²) in [6.07, 6.45) is 1.59. The van der Waals surface area contributed by atoms with Crippen LogP contribution >= 0.6 is 35.4 Å². The molecule has 1 aliphatic heterocycles. The van der Waals surface area contributed by atoms with Crippen molar-refractivity contribution in [2.75, 3.05) is 4.90 Å². The zero-order valence-electron chi connectivity index (χ0n) is 18.5. The molecule has 8 heteroatoms. The van der Waals surface area contributed by atoms with Crippen LogP contribution in [0.3, 0.4) is 0 Å². The van der Waals surface area contributed by atoms with Gasteiger partial charge >= 0.3 is 0 Å². The lowest BCUT2D eigenvalue weighted by molar-refractivity contribution is -0.122. The summed E-state index contributed by atoms with van der Waals surface area (Å²) in [6, 6.07) is 13.1. The second kappa shape index (κ2) is 8.78. The standard InChI is InChI=1S/C25H21Cl2N3O2S/c1-13-8-9-14(2)21(10-13)29-15(3)11-17(16(29)4)12-18-23(31)28-25(33)30(24(18)32)20-7-5-6-19(26)22(20)27/h5-12H,1-4H3,(H,28,31,33)/b18-12+. The Bertz CT molecular complexity index is 1370. The first-order valence-electron chi connectivity index (χ1n) is 10.2. The van der Waals surface area contributed by atoms with Crippen LogP contribution in [0.1, 0.15) is 28.1 Å². The summed E-state index contributed by atoms with van der Waals surface area (Å²) >= 11 is 17.7. The van der Waals surface area contributed by atoms with Crippen LogP contribution in [-0.2, 0) is 9.59 Å². The maximum atomic E-state index is 13.4. The van der Waals surface area contributed by atoms with Gasteiger partial charge in [-0.1, -0.05) is 41.4 Å². The van der Waals surface area contributed by atoms with Gasteiger partial charge in [-0.05, 0) is 86.9 Å². The van der Waals surface area contributed by atoms with Crippen molar-refractivity contribution in [3.63, 3.8) is 0 Å². The average molecular weight is 498 g/mol. The highest BCUT2D eigenvalue weighted by atomic mass is 35.5. The van der Waals surface area contributed by atoms with Gasteiger partial charge in [-0.15, -0.1) is 0 Å². The minimum Gasteiger partial charge on any atom is -0.318 e. The van der Waals surface area contributed by atoms with Gasteiger partial charge in [0.05, 0.1) is 15.7 Å². The summed E-state index contributed by atoms with van der Waals surface area (Å²) in [6.45, 7) is 8.05. The van der Waals surface area contributed by atoms with Crippen molar-refractivity contribution < 1.29 is 9.59 Å². The monoisotopic (exact) mass is 497 g/mol. The van der Waals surface area contributed by atoms with Gasteiger partial charge in [0.25, 0.3) is 11.8 Å². The van der Waals surface area contributed by atoms with Crippen molar-refractivity contribution in [3.05, 3.63) is 86.2 Å². The lowest BCUT2D eigenvalue weighted by Gasteiger charge is -2.29. The number of hydrogen-bond acceptors (Lipinski definition) is 3. The first kappa shape index (κ1) is 23.2. The number of nitrogens with zero attached hydrogens (tertiary/aromatic N) is 2. The van der Waals surface area contributed by atoms with E-state index in [9.17, 15) is 9.59 Å². The molecule has 1 aliphatic rings. The Kier molecular flexibility index (Phi) is 6.18. The van der Waals surface area contributed by atoms with Gasteiger partial charge in [-0.25, -0.2) is 0 Å². The number of aromatic nitrogens is 1. The maximum Gasteiger partial charge on any atom is 0.270 e. The van der Waals surface area contributed by atoms with E-state index in [1.165, 1.54) is 4.90 Å². The smallest absolute Gasteiger partial charge is 0.270 e. The average Bonchev–Trinajstić information content (AvgIpc) is 3.03. The molecule has 168 valence electrons. The highest BCUT2D eigenvalue weighted by Gasteiger charge is 2.36. The van der Waals surface area contributed by atoms with E-state index in [2.05, 4.69) is 35.0 Å². The van der Waals surface area contributed by atoms with E-state index < -0.39 is 11.8 Å². The third-order valence-electron chi connectivity index (χ3n) is 5.65. The summed E-state index contributed by atoms with van der Waals surface area (Å²) < 4.78 is 2.12. The van der Waals surface area contributed by atoms with Gasteiger partial charge in [0, 0.05) is 17.1 Å². The summed E-state index contributed by atoms with van der Waals surface area (Å²) in [7, 11) is 0. The molecule has 2 aromatic carbocycles. The predicted octanol–water partition coefficient (Wildman–Crippen LogP) is 5.85. The van der Waals surface area contributed by atoms with Crippen molar-refractivity contribution >= 4 is 64.1 Å². The van der Waals surface area contributed by atoms with E-state index in [1.807, 2.05) is 26.8 Å². The van der Waals surface area contributed by atoms with Gasteiger partial charge < -0.3 is 4.57 Å². The fourth-order valence-electron chi connectivity index (χ4n) is 3.96. The Morgan fingerprint density at radius 3 is 2.42 bits per heavy atom.